The molecule has 2 aliphatic heterocycles. The molecule has 5 heteroatoms. The second-order valence-corrected chi connectivity index (χ2v) is 5.13. The van der Waals surface area contributed by atoms with Crippen LogP contribution in [0.15, 0.2) is 12.1 Å². The lowest BCUT2D eigenvalue weighted by Gasteiger charge is -2.37. The van der Waals surface area contributed by atoms with Crippen LogP contribution in [-0.2, 0) is 11.2 Å². The molecule has 0 spiro atoms. The van der Waals surface area contributed by atoms with Gasteiger partial charge in [-0.25, -0.2) is 4.98 Å². The van der Waals surface area contributed by atoms with E-state index in [1.807, 2.05) is 6.07 Å². The van der Waals surface area contributed by atoms with Crippen LogP contribution in [0.25, 0.3) is 0 Å². The van der Waals surface area contributed by atoms with Crippen LogP contribution in [0.5, 0.6) is 0 Å². The van der Waals surface area contributed by atoms with Crippen molar-refractivity contribution in [2.45, 2.75) is 32.4 Å². The van der Waals surface area contributed by atoms with Gasteiger partial charge >= 0.3 is 0 Å². The largest absolute Gasteiger partial charge is 0.348 e. The van der Waals surface area contributed by atoms with E-state index >= 15 is 0 Å². The van der Waals surface area contributed by atoms with Gasteiger partial charge in [-0.3, -0.25) is 4.79 Å². The molecule has 5 nitrogen and oxygen atoms in total. The molecular weight excluding hydrogens is 228 g/mol. The standard InChI is InChI=1S/C13H18N4O/c1-8-6-14-7-11-5-10-3-4-12(15-9(2)18)16-13(10)17(8)11/h3-4,8,11,14H,5-7H2,1-2H3,(H,15,16,18)/t8-,11-/m1/s1. The quantitative estimate of drug-likeness (QED) is 0.768. The van der Waals surface area contributed by atoms with E-state index in [9.17, 15) is 4.79 Å². The van der Waals surface area contributed by atoms with Crippen molar-refractivity contribution in [3.63, 3.8) is 0 Å². The van der Waals surface area contributed by atoms with Crippen molar-refractivity contribution in [1.29, 1.82) is 0 Å². The highest BCUT2D eigenvalue weighted by Gasteiger charge is 2.36. The Kier molecular flexibility index (Phi) is 2.70. The molecule has 96 valence electrons. The first-order valence-electron chi connectivity index (χ1n) is 6.41. The topological polar surface area (TPSA) is 57.3 Å². The van der Waals surface area contributed by atoms with Crippen LogP contribution < -0.4 is 15.5 Å². The second kappa shape index (κ2) is 4.24. The number of amides is 1. The average molecular weight is 246 g/mol. The summed E-state index contributed by atoms with van der Waals surface area (Å²) in [5, 5.41) is 6.20. The first kappa shape index (κ1) is 11.5. The predicted molar refractivity (Wildman–Crippen MR) is 70.8 cm³/mol. The van der Waals surface area contributed by atoms with E-state index in [1.54, 1.807) is 0 Å². The van der Waals surface area contributed by atoms with Crippen LogP contribution in [0, 0.1) is 0 Å². The summed E-state index contributed by atoms with van der Waals surface area (Å²) in [5.74, 6) is 1.61. The van der Waals surface area contributed by atoms with Gasteiger partial charge in [-0.05, 0) is 25.0 Å². The van der Waals surface area contributed by atoms with E-state index in [-0.39, 0.29) is 5.91 Å². The molecule has 0 aliphatic carbocycles. The van der Waals surface area contributed by atoms with Gasteiger partial charge < -0.3 is 15.5 Å². The fraction of sp³-hybridized carbons (Fsp3) is 0.538. The highest BCUT2D eigenvalue weighted by molar-refractivity contribution is 5.87. The maximum Gasteiger partial charge on any atom is 0.222 e. The molecule has 0 saturated carbocycles. The molecule has 3 heterocycles. The number of pyridine rings is 1. The van der Waals surface area contributed by atoms with E-state index in [0.717, 1.165) is 25.3 Å². The number of rotatable bonds is 1. The number of anilines is 2. The third kappa shape index (κ3) is 1.84. The summed E-state index contributed by atoms with van der Waals surface area (Å²) in [6.45, 7) is 5.71. The van der Waals surface area contributed by atoms with E-state index < -0.39 is 0 Å². The SMILES string of the molecule is CC(=O)Nc1ccc2c(n1)N1[C@@H](CNC[C@H]1C)C2. The van der Waals surface area contributed by atoms with E-state index in [0.29, 0.717) is 17.9 Å². The highest BCUT2D eigenvalue weighted by atomic mass is 16.1. The van der Waals surface area contributed by atoms with Gasteiger partial charge in [-0.2, -0.15) is 0 Å². The van der Waals surface area contributed by atoms with Crippen LogP contribution in [0.1, 0.15) is 19.4 Å². The summed E-state index contributed by atoms with van der Waals surface area (Å²) < 4.78 is 0. The maximum absolute atomic E-state index is 11.1. The molecule has 0 radical (unpaired) electrons. The highest BCUT2D eigenvalue weighted by Crippen LogP contribution is 2.34. The molecule has 18 heavy (non-hydrogen) atoms. The molecular formula is C13H18N4O. The molecule has 2 aliphatic rings. The Bertz CT molecular complexity index is 488. The number of carbonyl (C=O) groups excluding carboxylic acids is 1. The Hall–Kier alpha value is -1.62. The number of piperazine rings is 1. The van der Waals surface area contributed by atoms with Crippen molar-refractivity contribution >= 4 is 17.5 Å². The summed E-state index contributed by atoms with van der Waals surface area (Å²) in [6, 6.07) is 4.92. The van der Waals surface area contributed by atoms with E-state index in [2.05, 4.69) is 33.5 Å². The molecule has 2 N–H and O–H groups in total. The van der Waals surface area contributed by atoms with Crippen LogP contribution >= 0.6 is 0 Å². The number of carbonyl (C=O) groups is 1. The molecule has 0 unspecified atom stereocenters. The third-order valence-corrected chi connectivity index (χ3v) is 3.65. The Balaban J connectivity index is 1.94. The van der Waals surface area contributed by atoms with Crippen molar-refractivity contribution < 1.29 is 4.79 Å². The third-order valence-electron chi connectivity index (χ3n) is 3.65. The summed E-state index contributed by atoms with van der Waals surface area (Å²) in [7, 11) is 0. The number of fused-ring (bicyclic) bond motifs is 3. The lowest BCUT2D eigenvalue weighted by Crippen LogP contribution is -2.55. The van der Waals surface area contributed by atoms with Gasteiger partial charge in [0.25, 0.3) is 0 Å². The normalized spacial score (nSPS) is 25.6. The fourth-order valence-electron chi connectivity index (χ4n) is 2.93. The summed E-state index contributed by atoms with van der Waals surface area (Å²) in [6.07, 6.45) is 1.04. The van der Waals surface area contributed by atoms with E-state index in [4.69, 9.17) is 0 Å². The number of aromatic nitrogens is 1. The van der Waals surface area contributed by atoms with Crippen molar-refractivity contribution in [3.05, 3.63) is 17.7 Å². The summed E-state index contributed by atoms with van der Waals surface area (Å²) in [4.78, 5) is 18.1. The number of nitrogens with one attached hydrogen (secondary N) is 2. The zero-order valence-electron chi connectivity index (χ0n) is 10.7. The second-order valence-electron chi connectivity index (χ2n) is 5.13. The monoisotopic (exact) mass is 246 g/mol. The number of nitrogens with zero attached hydrogens (tertiary/aromatic N) is 2. The van der Waals surface area contributed by atoms with Crippen molar-refractivity contribution in [3.8, 4) is 0 Å². The minimum atomic E-state index is -0.0784. The minimum absolute atomic E-state index is 0.0784. The number of hydrogen-bond acceptors (Lipinski definition) is 4. The molecule has 1 saturated heterocycles. The zero-order valence-corrected chi connectivity index (χ0v) is 10.7. The summed E-state index contributed by atoms with van der Waals surface area (Å²) >= 11 is 0. The van der Waals surface area contributed by atoms with Gasteiger partial charge in [0.1, 0.15) is 11.6 Å². The van der Waals surface area contributed by atoms with Gasteiger partial charge in [0.05, 0.1) is 0 Å². The Morgan fingerprint density at radius 2 is 2.33 bits per heavy atom. The van der Waals surface area contributed by atoms with Gasteiger partial charge in [0.15, 0.2) is 0 Å². The van der Waals surface area contributed by atoms with Crippen molar-refractivity contribution in [2.24, 2.45) is 0 Å². The maximum atomic E-state index is 11.1. The minimum Gasteiger partial charge on any atom is -0.348 e. The van der Waals surface area contributed by atoms with Crippen molar-refractivity contribution in [1.82, 2.24) is 10.3 Å². The Morgan fingerprint density at radius 3 is 3.11 bits per heavy atom. The predicted octanol–water partition coefficient (Wildman–Crippen LogP) is 0.763. The fourth-order valence-corrected chi connectivity index (χ4v) is 2.93. The first-order chi connectivity index (χ1) is 8.65. The molecule has 0 aromatic carbocycles. The van der Waals surface area contributed by atoms with Crippen LogP contribution in [-0.4, -0.2) is 36.1 Å². The molecule has 3 rings (SSSR count). The molecule has 1 amide bonds. The molecule has 0 bridgehead atoms. The van der Waals surface area contributed by atoms with Crippen LogP contribution in [0.2, 0.25) is 0 Å². The Morgan fingerprint density at radius 1 is 1.50 bits per heavy atom. The average Bonchev–Trinajstić information content (AvgIpc) is 2.67. The van der Waals surface area contributed by atoms with Gasteiger partial charge in [-0.1, -0.05) is 6.07 Å². The van der Waals surface area contributed by atoms with Gasteiger partial charge in [-0.15, -0.1) is 0 Å². The lowest BCUT2D eigenvalue weighted by molar-refractivity contribution is -0.114. The molecule has 1 aromatic heterocycles. The Labute approximate surface area is 107 Å². The first-order valence-corrected chi connectivity index (χ1v) is 6.41. The summed E-state index contributed by atoms with van der Waals surface area (Å²) in [5.41, 5.74) is 1.28. The molecule has 1 fully saturated rings. The number of hydrogen-bond donors (Lipinski definition) is 2. The lowest BCUT2D eigenvalue weighted by atomic mass is 10.1. The van der Waals surface area contributed by atoms with Crippen LogP contribution in [0.4, 0.5) is 11.6 Å². The smallest absolute Gasteiger partial charge is 0.222 e. The van der Waals surface area contributed by atoms with Crippen LogP contribution in [0.3, 0.4) is 0 Å². The zero-order chi connectivity index (χ0) is 12.7. The van der Waals surface area contributed by atoms with Crippen molar-refractivity contribution in [2.75, 3.05) is 23.3 Å². The van der Waals surface area contributed by atoms with Gasteiger partial charge in [0.2, 0.25) is 5.91 Å². The molecule has 2 atom stereocenters. The van der Waals surface area contributed by atoms with E-state index in [1.165, 1.54) is 12.5 Å². The van der Waals surface area contributed by atoms with Gasteiger partial charge in [0, 0.05) is 32.1 Å². The molecule has 1 aromatic rings.